The fourth-order valence-electron chi connectivity index (χ4n) is 1.32. The molecule has 0 saturated heterocycles. The van der Waals surface area contributed by atoms with Crippen molar-refractivity contribution < 1.29 is 0 Å². The largest absolute Gasteiger partial charge is 0.103 e. The summed E-state index contributed by atoms with van der Waals surface area (Å²) in [6.07, 6.45) is 5.04. The van der Waals surface area contributed by atoms with Crippen LogP contribution in [-0.4, -0.2) is 15.1 Å². The summed E-state index contributed by atoms with van der Waals surface area (Å²) < 4.78 is 0. The molecule has 0 amide bonds. The van der Waals surface area contributed by atoms with E-state index in [0.717, 1.165) is 0 Å². The third kappa shape index (κ3) is 1.10. The van der Waals surface area contributed by atoms with Crippen LogP contribution in [0.15, 0.2) is 0 Å². The van der Waals surface area contributed by atoms with Crippen LogP contribution in [0.2, 0.25) is 12.0 Å². The van der Waals surface area contributed by atoms with Crippen LogP contribution in [-0.2, 0) is 0 Å². The SMILES string of the molecule is [B]C1([B]C)CCCC1. The van der Waals surface area contributed by atoms with E-state index in [2.05, 4.69) is 14.1 Å². The van der Waals surface area contributed by atoms with Gasteiger partial charge in [-0.15, -0.1) is 0 Å². The van der Waals surface area contributed by atoms with Crippen LogP contribution in [0, 0.1) is 0 Å². The van der Waals surface area contributed by atoms with E-state index in [1.165, 1.54) is 25.7 Å². The third-order valence-corrected chi connectivity index (χ3v) is 2.11. The van der Waals surface area contributed by atoms with Gasteiger partial charge in [-0.3, -0.25) is 0 Å². The van der Waals surface area contributed by atoms with Gasteiger partial charge in [0.2, 0.25) is 0 Å². The van der Waals surface area contributed by atoms with Crippen LogP contribution >= 0.6 is 0 Å². The Morgan fingerprint density at radius 2 is 1.88 bits per heavy atom. The minimum Gasteiger partial charge on any atom is -0.0922 e. The molecule has 0 spiro atoms. The molecule has 0 aromatic heterocycles. The van der Waals surface area contributed by atoms with Gasteiger partial charge in [-0.25, -0.2) is 0 Å². The smallest absolute Gasteiger partial charge is 0.0922 e. The molecule has 0 N–H and O–H groups in total. The summed E-state index contributed by atoms with van der Waals surface area (Å²) in [5, 5.41) is 0.111. The Hall–Kier alpha value is 0.130. The van der Waals surface area contributed by atoms with E-state index in [4.69, 9.17) is 7.85 Å². The van der Waals surface area contributed by atoms with Gasteiger partial charge in [-0.1, -0.05) is 37.7 Å². The molecule has 0 atom stereocenters. The highest BCUT2D eigenvalue weighted by Crippen LogP contribution is 2.40. The Kier molecular flexibility index (Phi) is 1.69. The summed E-state index contributed by atoms with van der Waals surface area (Å²) in [4.78, 5) is 0. The molecule has 8 heavy (non-hydrogen) atoms. The molecule has 0 heterocycles. The lowest BCUT2D eigenvalue weighted by Crippen LogP contribution is -2.13. The number of hydrogen-bond acceptors (Lipinski definition) is 0. The lowest BCUT2D eigenvalue weighted by Gasteiger charge is -2.19. The van der Waals surface area contributed by atoms with E-state index in [1.54, 1.807) is 0 Å². The minimum atomic E-state index is 0.111. The van der Waals surface area contributed by atoms with Gasteiger partial charge in [0.1, 0.15) is 7.28 Å². The molecule has 0 aromatic rings. The van der Waals surface area contributed by atoms with Crippen molar-refractivity contribution in [2.75, 3.05) is 0 Å². The lowest BCUT2D eigenvalue weighted by atomic mass is 9.43. The van der Waals surface area contributed by atoms with Crippen molar-refractivity contribution in [2.24, 2.45) is 0 Å². The summed E-state index contributed by atoms with van der Waals surface area (Å²) in [7, 11) is 8.04. The Balaban J connectivity index is 2.40. The van der Waals surface area contributed by atoms with Crippen molar-refractivity contribution in [2.45, 2.75) is 37.7 Å². The molecule has 1 aliphatic rings. The van der Waals surface area contributed by atoms with Crippen molar-refractivity contribution >= 4 is 15.1 Å². The second kappa shape index (κ2) is 2.16. The van der Waals surface area contributed by atoms with E-state index in [1.807, 2.05) is 0 Å². The van der Waals surface area contributed by atoms with Crippen LogP contribution in [0.3, 0.4) is 0 Å². The van der Waals surface area contributed by atoms with Gasteiger partial charge in [-0.05, 0) is 0 Å². The zero-order chi connectivity index (χ0) is 6.04. The predicted octanol–water partition coefficient (Wildman–Crippen LogP) is 1.60. The quantitative estimate of drug-likeness (QED) is 0.444. The molecular weight excluding hydrogens is 93.7 g/mol. The van der Waals surface area contributed by atoms with Gasteiger partial charge >= 0.3 is 0 Å². The summed E-state index contributed by atoms with van der Waals surface area (Å²) in [6, 6.07) is 0. The topological polar surface area (TPSA) is 0 Å². The molecule has 1 saturated carbocycles. The highest BCUT2D eigenvalue weighted by molar-refractivity contribution is 6.52. The van der Waals surface area contributed by atoms with E-state index < -0.39 is 0 Å². The van der Waals surface area contributed by atoms with Crippen molar-refractivity contribution in [3.8, 4) is 0 Å². The molecular formula is C6H11B2. The summed E-state index contributed by atoms with van der Waals surface area (Å²) in [6.45, 7) is 2.06. The van der Waals surface area contributed by atoms with Gasteiger partial charge in [0.05, 0.1) is 7.85 Å². The van der Waals surface area contributed by atoms with E-state index in [0.29, 0.717) is 0 Å². The molecule has 0 bridgehead atoms. The fourth-order valence-corrected chi connectivity index (χ4v) is 1.32. The van der Waals surface area contributed by atoms with Gasteiger partial charge in [0, 0.05) is 0 Å². The summed E-state index contributed by atoms with van der Waals surface area (Å²) in [5.41, 5.74) is 0. The maximum atomic E-state index is 5.90. The zero-order valence-electron chi connectivity index (χ0n) is 5.48. The average Bonchev–Trinajstić information content (AvgIpc) is 2.17. The first-order valence-electron chi connectivity index (χ1n) is 3.36. The van der Waals surface area contributed by atoms with Gasteiger partial charge < -0.3 is 0 Å². The normalized spacial score (nSPS) is 25.6. The van der Waals surface area contributed by atoms with Crippen LogP contribution in [0.5, 0.6) is 0 Å². The highest BCUT2D eigenvalue weighted by atomic mass is 14.2. The highest BCUT2D eigenvalue weighted by Gasteiger charge is 2.25. The minimum absolute atomic E-state index is 0.111. The molecule has 1 aliphatic carbocycles. The first kappa shape index (κ1) is 6.25. The van der Waals surface area contributed by atoms with Crippen molar-refractivity contribution in [3.63, 3.8) is 0 Å². The predicted molar refractivity (Wildman–Crippen MR) is 38.5 cm³/mol. The summed E-state index contributed by atoms with van der Waals surface area (Å²) >= 11 is 0. The van der Waals surface area contributed by atoms with E-state index in [9.17, 15) is 0 Å². The Bertz CT molecular complexity index is 74.6. The molecule has 3 radical (unpaired) electrons. The van der Waals surface area contributed by atoms with E-state index >= 15 is 0 Å². The van der Waals surface area contributed by atoms with Crippen LogP contribution in [0.25, 0.3) is 0 Å². The Morgan fingerprint density at radius 1 is 1.38 bits per heavy atom. The lowest BCUT2D eigenvalue weighted by molar-refractivity contribution is 0.786. The molecule has 0 aromatic carbocycles. The second-order valence-corrected chi connectivity index (χ2v) is 2.73. The monoisotopic (exact) mass is 105 g/mol. The average molecular weight is 105 g/mol. The second-order valence-electron chi connectivity index (χ2n) is 2.73. The van der Waals surface area contributed by atoms with Crippen LogP contribution in [0.4, 0.5) is 0 Å². The molecule has 41 valence electrons. The molecule has 0 aliphatic heterocycles. The number of hydrogen-bond donors (Lipinski definition) is 0. The molecule has 0 unspecified atom stereocenters. The third-order valence-electron chi connectivity index (χ3n) is 2.11. The van der Waals surface area contributed by atoms with Gasteiger partial charge in [0.25, 0.3) is 0 Å². The Morgan fingerprint density at radius 3 is 2.12 bits per heavy atom. The molecule has 1 fully saturated rings. The first-order chi connectivity index (χ1) is 3.77. The molecule has 0 nitrogen and oxygen atoms in total. The Labute approximate surface area is 53.7 Å². The van der Waals surface area contributed by atoms with Gasteiger partial charge in [-0.2, -0.15) is 0 Å². The van der Waals surface area contributed by atoms with Crippen LogP contribution in [0.1, 0.15) is 25.7 Å². The van der Waals surface area contributed by atoms with Crippen molar-refractivity contribution in [1.82, 2.24) is 0 Å². The molecule has 1 rings (SSSR count). The zero-order valence-corrected chi connectivity index (χ0v) is 5.48. The van der Waals surface area contributed by atoms with Crippen molar-refractivity contribution in [3.05, 3.63) is 0 Å². The first-order valence-corrected chi connectivity index (χ1v) is 3.36. The maximum Gasteiger partial charge on any atom is 0.103 e. The van der Waals surface area contributed by atoms with Crippen molar-refractivity contribution in [1.29, 1.82) is 0 Å². The van der Waals surface area contributed by atoms with Gasteiger partial charge in [0.15, 0.2) is 0 Å². The maximum absolute atomic E-state index is 5.90. The fraction of sp³-hybridized carbons (Fsp3) is 1.00. The summed E-state index contributed by atoms with van der Waals surface area (Å²) in [5.74, 6) is 0. The van der Waals surface area contributed by atoms with Crippen LogP contribution < -0.4 is 0 Å². The standard InChI is InChI=1S/C6H11B2/c1-8-6(7)4-2-3-5-6/h2-5H2,1H3. The van der Waals surface area contributed by atoms with E-state index in [-0.39, 0.29) is 5.21 Å². The number of rotatable bonds is 1. The molecule has 2 heteroatoms.